The number of amides is 1. The lowest BCUT2D eigenvalue weighted by Gasteiger charge is -2.28. The van der Waals surface area contributed by atoms with E-state index >= 15 is 0 Å². The highest BCUT2D eigenvalue weighted by atomic mass is 32.1. The summed E-state index contributed by atoms with van der Waals surface area (Å²) in [6, 6.07) is 20.6. The molecule has 2 N–H and O–H groups in total. The Labute approximate surface area is 216 Å². The molecule has 1 heterocycles. The number of fused-ring (bicyclic) bond motifs is 1. The molecule has 0 saturated heterocycles. The molecule has 0 aromatic heterocycles. The number of methoxy groups -OCH3 is 2. The maximum Gasteiger partial charge on any atom is 0.328 e. The van der Waals surface area contributed by atoms with Crippen LogP contribution in [0.25, 0.3) is 11.1 Å². The molecule has 1 aliphatic heterocycles. The highest BCUT2D eigenvalue weighted by Gasteiger charge is 2.38. The van der Waals surface area contributed by atoms with Gasteiger partial charge in [0.15, 0.2) is 5.11 Å². The largest absolute Gasteiger partial charge is 0.495 e. The molecule has 4 rings (SSSR count). The molecule has 0 bridgehead atoms. The molecular weight excluding hydrogens is 474 g/mol. The highest BCUT2D eigenvalue weighted by Crippen LogP contribution is 2.32. The molecule has 1 amide bonds. The van der Waals surface area contributed by atoms with Crippen molar-refractivity contribution in [3.05, 3.63) is 77.9 Å². The predicted octanol–water partition coefficient (Wildman–Crippen LogP) is 5.32. The van der Waals surface area contributed by atoms with Crippen molar-refractivity contribution < 1.29 is 19.1 Å². The van der Waals surface area contributed by atoms with Crippen LogP contribution in [0, 0.1) is 5.92 Å². The maximum atomic E-state index is 13.2. The van der Waals surface area contributed by atoms with Crippen LogP contribution in [-0.2, 0) is 16.1 Å². The zero-order valence-electron chi connectivity index (χ0n) is 20.7. The normalized spacial score (nSPS) is 13.2. The molecule has 3 aromatic rings. The minimum Gasteiger partial charge on any atom is -0.495 e. The number of rotatable bonds is 7. The van der Waals surface area contributed by atoms with Gasteiger partial charge in [-0.1, -0.05) is 50.2 Å². The minimum absolute atomic E-state index is 0.0567. The zero-order chi connectivity index (χ0) is 25.8. The van der Waals surface area contributed by atoms with Crippen molar-refractivity contribution in [1.29, 1.82) is 0 Å². The molecule has 0 spiro atoms. The monoisotopic (exact) mass is 503 g/mol. The molecule has 0 aliphatic carbocycles. The van der Waals surface area contributed by atoms with Gasteiger partial charge in [-0.15, -0.1) is 0 Å². The number of anilines is 2. The smallest absolute Gasteiger partial charge is 0.328 e. The van der Waals surface area contributed by atoms with Crippen molar-refractivity contribution in [2.75, 3.05) is 24.9 Å². The summed E-state index contributed by atoms with van der Waals surface area (Å²) in [4.78, 5) is 27.1. The van der Waals surface area contributed by atoms with E-state index in [0.717, 1.165) is 28.1 Å². The van der Waals surface area contributed by atoms with Crippen LogP contribution < -0.4 is 15.4 Å². The second-order valence-electron chi connectivity index (χ2n) is 8.87. The lowest BCUT2D eigenvalue weighted by atomic mass is 10.00. The van der Waals surface area contributed by atoms with Crippen LogP contribution in [0.5, 0.6) is 5.75 Å². The second kappa shape index (κ2) is 10.8. The topological polar surface area (TPSA) is 79.9 Å². The number of hydrogen-bond donors (Lipinski definition) is 2. The Morgan fingerprint density at radius 1 is 0.972 bits per heavy atom. The summed E-state index contributed by atoms with van der Waals surface area (Å²) in [6.07, 6.45) is 0. The lowest BCUT2D eigenvalue weighted by Crippen LogP contribution is -2.45. The summed E-state index contributed by atoms with van der Waals surface area (Å²) in [6.45, 7) is 4.22. The van der Waals surface area contributed by atoms with Crippen LogP contribution in [0.1, 0.15) is 29.8 Å². The van der Waals surface area contributed by atoms with Crippen LogP contribution in [0.2, 0.25) is 0 Å². The maximum absolute atomic E-state index is 13.2. The molecule has 0 fully saturated rings. The molecule has 3 aromatic carbocycles. The number of carbonyl (C=O) groups excluding carboxylic acids is 2. The van der Waals surface area contributed by atoms with E-state index in [2.05, 4.69) is 10.6 Å². The summed E-state index contributed by atoms with van der Waals surface area (Å²) in [5, 5.41) is 6.76. The van der Waals surface area contributed by atoms with Gasteiger partial charge >= 0.3 is 5.97 Å². The average Bonchev–Trinajstić information content (AvgIpc) is 3.19. The zero-order valence-corrected chi connectivity index (χ0v) is 21.5. The van der Waals surface area contributed by atoms with Crippen molar-refractivity contribution in [3.63, 3.8) is 0 Å². The van der Waals surface area contributed by atoms with Gasteiger partial charge in [0.25, 0.3) is 5.91 Å². The third kappa shape index (κ3) is 5.18. The van der Waals surface area contributed by atoms with Gasteiger partial charge in [0, 0.05) is 17.8 Å². The number of carbonyl (C=O) groups is 2. The van der Waals surface area contributed by atoms with Crippen molar-refractivity contribution in [2.45, 2.75) is 26.4 Å². The van der Waals surface area contributed by atoms with E-state index in [4.69, 9.17) is 21.7 Å². The Bertz CT molecular complexity index is 1290. The van der Waals surface area contributed by atoms with Gasteiger partial charge in [-0.3, -0.25) is 4.79 Å². The average molecular weight is 504 g/mol. The molecule has 1 aliphatic rings. The van der Waals surface area contributed by atoms with E-state index in [-0.39, 0.29) is 11.8 Å². The van der Waals surface area contributed by atoms with Gasteiger partial charge in [0.2, 0.25) is 0 Å². The van der Waals surface area contributed by atoms with Crippen molar-refractivity contribution >= 4 is 40.6 Å². The number of esters is 1. The van der Waals surface area contributed by atoms with Crippen LogP contribution in [0.3, 0.4) is 0 Å². The lowest BCUT2D eigenvalue weighted by molar-refractivity contribution is -0.147. The number of thiocarbonyl (C=S) groups is 1. The second-order valence-corrected chi connectivity index (χ2v) is 9.28. The number of nitrogens with one attached hydrogen (secondary N) is 2. The van der Waals surface area contributed by atoms with Crippen molar-refractivity contribution in [2.24, 2.45) is 5.92 Å². The van der Waals surface area contributed by atoms with E-state index in [1.165, 1.54) is 7.11 Å². The Kier molecular flexibility index (Phi) is 7.55. The number of para-hydroxylation sites is 2. The van der Waals surface area contributed by atoms with E-state index in [1.54, 1.807) is 12.0 Å². The van der Waals surface area contributed by atoms with Crippen LogP contribution in [-0.4, -0.2) is 42.2 Å². The summed E-state index contributed by atoms with van der Waals surface area (Å²) in [5.74, 6) is 0.0985. The third-order valence-corrected chi connectivity index (χ3v) is 6.39. The molecule has 0 saturated carbocycles. The number of benzene rings is 3. The van der Waals surface area contributed by atoms with Gasteiger partial charge in [-0.25, -0.2) is 4.79 Å². The van der Waals surface area contributed by atoms with Gasteiger partial charge < -0.3 is 25.0 Å². The summed E-state index contributed by atoms with van der Waals surface area (Å²) in [7, 11) is 2.96. The van der Waals surface area contributed by atoms with Gasteiger partial charge in [-0.2, -0.15) is 0 Å². The van der Waals surface area contributed by atoms with Gasteiger partial charge in [-0.05, 0) is 65.2 Å². The highest BCUT2D eigenvalue weighted by molar-refractivity contribution is 7.80. The standard InChI is InChI=1S/C28H29N3O4S/c1-17(2)25(27(33)35-4)31-16-20-10-9-19(15-22(20)26(31)32)18-11-13-21(14-12-18)29-28(36)30-23-7-5-6-8-24(23)34-3/h5-15,17,25H,16H2,1-4H3,(H2,29,30,36)/t25-/m0/s1. The van der Waals surface area contributed by atoms with Crippen LogP contribution in [0.15, 0.2) is 66.7 Å². The fourth-order valence-electron chi connectivity index (χ4n) is 4.39. The first kappa shape index (κ1) is 25.2. The number of hydrogen-bond acceptors (Lipinski definition) is 5. The molecule has 8 heteroatoms. The molecule has 7 nitrogen and oxygen atoms in total. The van der Waals surface area contributed by atoms with E-state index in [0.29, 0.717) is 23.0 Å². The predicted molar refractivity (Wildman–Crippen MR) is 145 cm³/mol. The number of ether oxygens (including phenoxy) is 2. The van der Waals surface area contributed by atoms with E-state index < -0.39 is 12.0 Å². The minimum atomic E-state index is -0.614. The Morgan fingerprint density at radius 3 is 2.33 bits per heavy atom. The van der Waals surface area contributed by atoms with Crippen LogP contribution in [0.4, 0.5) is 11.4 Å². The Morgan fingerprint density at radius 2 is 1.67 bits per heavy atom. The van der Waals surface area contributed by atoms with E-state index in [1.807, 2.05) is 80.6 Å². The first-order valence-electron chi connectivity index (χ1n) is 11.7. The Hall–Kier alpha value is -3.91. The molecule has 36 heavy (non-hydrogen) atoms. The van der Waals surface area contributed by atoms with Crippen molar-refractivity contribution in [3.8, 4) is 16.9 Å². The molecule has 186 valence electrons. The summed E-state index contributed by atoms with van der Waals surface area (Å²) >= 11 is 5.44. The molecular formula is C28H29N3O4S. The SMILES string of the molecule is COC(=O)[C@H](C(C)C)N1Cc2ccc(-c3ccc(NC(=S)Nc4ccccc4OC)cc3)cc2C1=O. The first-order valence-corrected chi connectivity index (χ1v) is 12.1. The fraction of sp³-hybridized carbons (Fsp3) is 0.250. The summed E-state index contributed by atoms with van der Waals surface area (Å²) < 4.78 is 10.3. The van der Waals surface area contributed by atoms with Crippen molar-refractivity contribution in [1.82, 2.24) is 4.90 Å². The third-order valence-electron chi connectivity index (χ3n) is 6.18. The van der Waals surface area contributed by atoms with Gasteiger partial charge in [0.05, 0.1) is 19.9 Å². The fourth-order valence-corrected chi connectivity index (χ4v) is 4.61. The molecule has 1 atom stereocenters. The number of nitrogens with zero attached hydrogens (tertiary/aromatic N) is 1. The molecule has 0 unspecified atom stereocenters. The first-order chi connectivity index (χ1) is 17.3. The van der Waals surface area contributed by atoms with Gasteiger partial charge in [0.1, 0.15) is 11.8 Å². The Balaban J connectivity index is 1.47. The quantitative estimate of drug-likeness (QED) is 0.333. The summed E-state index contributed by atoms with van der Waals surface area (Å²) in [5.41, 5.74) is 5.01. The molecule has 0 radical (unpaired) electrons. The van der Waals surface area contributed by atoms with Crippen LogP contribution >= 0.6 is 12.2 Å². The van der Waals surface area contributed by atoms with E-state index in [9.17, 15) is 9.59 Å².